The number of anilines is 1. The Balaban J connectivity index is 1.48. The number of hydrogen-bond donors (Lipinski definition) is 1. The van der Waals surface area contributed by atoms with Gasteiger partial charge in [-0.3, -0.25) is 9.69 Å². The molecule has 2 aromatic rings. The molecule has 1 atom stereocenters. The van der Waals surface area contributed by atoms with Gasteiger partial charge in [0, 0.05) is 6.07 Å². The van der Waals surface area contributed by atoms with E-state index < -0.39 is 12.2 Å². The van der Waals surface area contributed by atoms with Crippen molar-refractivity contribution < 1.29 is 28.5 Å². The number of carbonyl (C=O) groups excluding carboxylic acids is 2. The Kier molecular flexibility index (Phi) is 7.23. The molecule has 1 heterocycles. The topological polar surface area (TPSA) is 86.3 Å². The third-order valence-corrected chi connectivity index (χ3v) is 5.00. The number of ether oxygens (including phenoxy) is 4. The normalized spacial score (nSPS) is 15.6. The van der Waals surface area contributed by atoms with Gasteiger partial charge in [0.1, 0.15) is 11.9 Å². The zero-order valence-corrected chi connectivity index (χ0v) is 18.2. The van der Waals surface area contributed by atoms with Crippen LogP contribution in [0.5, 0.6) is 17.2 Å². The molecule has 0 spiro atoms. The minimum Gasteiger partial charge on any atom is -0.493 e. The predicted molar refractivity (Wildman–Crippen MR) is 116 cm³/mol. The first-order chi connectivity index (χ1) is 14.9. The number of nitrogens with zero attached hydrogens (tertiary/aromatic N) is 1. The third-order valence-electron chi connectivity index (χ3n) is 5.00. The van der Waals surface area contributed by atoms with Gasteiger partial charge in [0.2, 0.25) is 0 Å². The molecule has 8 nitrogen and oxygen atoms in total. The van der Waals surface area contributed by atoms with Crippen molar-refractivity contribution in [3.8, 4) is 17.2 Å². The summed E-state index contributed by atoms with van der Waals surface area (Å²) in [7, 11) is 3.08. The highest BCUT2D eigenvalue weighted by molar-refractivity contribution is 5.90. The Morgan fingerprint density at radius 1 is 1.13 bits per heavy atom. The van der Waals surface area contributed by atoms with Crippen LogP contribution in [0.15, 0.2) is 42.5 Å². The number of carbonyl (C=O) groups is 2. The molecule has 1 aliphatic heterocycles. The molecule has 1 saturated heterocycles. The van der Waals surface area contributed by atoms with Crippen molar-refractivity contribution >= 4 is 17.7 Å². The van der Waals surface area contributed by atoms with Crippen molar-refractivity contribution in [3.63, 3.8) is 0 Å². The lowest BCUT2D eigenvalue weighted by Gasteiger charge is -2.16. The molecule has 1 N–H and O–H groups in total. The van der Waals surface area contributed by atoms with Gasteiger partial charge in [-0.15, -0.1) is 0 Å². The lowest BCUT2D eigenvalue weighted by atomic mass is 10.0. The van der Waals surface area contributed by atoms with Gasteiger partial charge in [0.15, 0.2) is 18.1 Å². The second-order valence-electron chi connectivity index (χ2n) is 7.47. The quantitative estimate of drug-likeness (QED) is 0.659. The molecule has 3 rings (SSSR count). The van der Waals surface area contributed by atoms with Crippen LogP contribution in [0.1, 0.15) is 25.3 Å². The highest BCUT2D eigenvalue weighted by atomic mass is 16.6. The van der Waals surface area contributed by atoms with Gasteiger partial charge in [-0.25, -0.2) is 4.79 Å². The van der Waals surface area contributed by atoms with Crippen LogP contribution in [-0.2, 0) is 9.53 Å². The number of cyclic esters (lactones) is 1. The van der Waals surface area contributed by atoms with Crippen LogP contribution in [0.3, 0.4) is 0 Å². The summed E-state index contributed by atoms with van der Waals surface area (Å²) in [6, 6.07) is 12.9. The highest BCUT2D eigenvalue weighted by Crippen LogP contribution is 2.33. The van der Waals surface area contributed by atoms with Crippen molar-refractivity contribution in [1.82, 2.24) is 5.32 Å². The van der Waals surface area contributed by atoms with E-state index in [1.165, 1.54) is 17.6 Å². The average molecular weight is 428 g/mol. The van der Waals surface area contributed by atoms with E-state index in [2.05, 4.69) is 19.2 Å². The van der Waals surface area contributed by atoms with Crippen LogP contribution in [0, 0.1) is 0 Å². The smallest absolute Gasteiger partial charge is 0.414 e. The van der Waals surface area contributed by atoms with E-state index in [-0.39, 0.29) is 19.1 Å². The van der Waals surface area contributed by atoms with Crippen molar-refractivity contribution in [1.29, 1.82) is 0 Å². The van der Waals surface area contributed by atoms with Gasteiger partial charge in [0.05, 0.1) is 33.0 Å². The Morgan fingerprint density at radius 3 is 2.48 bits per heavy atom. The summed E-state index contributed by atoms with van der Waals surface area (Å²) in [5.41, 5.74) is 1.84. The van der Waals surface area contributed by atoms with Gasteiger partial charge in [-0.2, -0.15) is 0 Å². The summed E-state index contributed by atoms with van der Waals surface area (Å²) < 4.78 is 21.4. The minimum absolute atomic E-state index is 0.110. The van der Waals surface area contributed by atoms with Crippen molar-refractivity contribution in [2.45, 2.75) is 25.9 Å². The number of methoxy groups -OCH3 is 2. The van der Waals surface area contributed by atoms with E-state index in [0.29, 0.717) is 35.4 Å². The van der Waals surface area contributed by atoms with E-state index in [9.17, 15) is 9.59 Å². The summed E-state index contributed by atoms with van der Waals surface area (Å²) in [5, 5.41) is 2.75. The van der Waals surface area contributed by atoms with E-state index in [0.717, 1.165) is 0 Å². The van der Waals surface area contributed by atoms with Gasteiger partial charge >= 0.3 is 6.09 Å². The first-order valence-electron chi connectivity index (χ1n) is 10.1. The number of amides is 2. The van der Waals surface area contributed by atoms with Gasteiger partial charge in [-0.1, -0.05) is 26.0 Å². The number of benzene rings is 2. The maximum Gasteiger partial charge on any atom is 0.414 e. The first-order valence-corrected chi connectivity index (χ1v) is 10.1. The van der Waals surface area contributed by atoms with E-state index in [1.807, 2.05) is 24.3 Å². The summed E-state index contributed by atoms with van der Waals surface area (Å²) >= 11 is 0. The summed E-state index contributed by atoms with van der Waals surface area (Å²) in [6.45, 7) is 4.63. The fraction of sp³-hybridized carbons (Fsp3) is 0.391. The van der Waals surface area contributed by atoms with Crippen LogP contribution in [0.4, 0.5) is 10.5 Å². The minimum atomic E-state index is -0.479. The number of rotatable bonds is 9. The molecule has 31 heavy (non-hydrogen) atoms. The molecule has 166 valence electrons. The molecule has 2 aromatic carbocycles. The summed E-state index contributed by atoms with van der Waals surface area (Å²) in [5.74, 6) is 1.87. The molecule has 1 fully saturated rings. The standard InChI is InChI=1S/C23H28N2O6/c1-15(2)16-5-8-18(9-6-16)30-14-22(26)24-12-19-13-25(23(27)31-19)17-7-10-20(28-3)21(11-17)29-4/h5-11,15,19H,12-14H2,1-4H3,(H,24,26)/t19-/m0/s1. The van der Waals surface area contributed by atoms with Crippen LogP contribution in [0.2, 0.25) is 0 Å². The second kappa shape index (κ2) is 10.1. The first kappa shape index (κ1) is 22.3. The molecule has 0 bridgehead atoms. The van der Waals surface area contributed by atoms with Crippen molar-refractivity contribution in [2.75, 3.05) is 38.8 Å². The lowest BCUT2D eigenvalue weighted by Crippen LogP contribution is -2.37. The lowest BCUT2D eigenvalue weighted by molar-refractivity contribution is -0.123. The molecule has 0 saturated carbocycles. The Hall–Kier alpha value is -3.42. The molecular weight excluding hydrogens is 400 g/mol. The van der Waals surface area contributed by atoms with Gasteiger partial charge in [-0.05, 0) is 35.7 Å². The number of nitrogens with one attached hydrogen (secondary N) is 1. The average Bonchev–Trinajstić information content (AvgIpc) is 3.16. The summed E-state index contributed by atoms with van der Waals surface area (Å²) in [4.78, 5) is 25.9. The SMILES string of the molecule is COc1ccc(N2C[C@H](CNC(=O)COc3ccc(C(C)C)cc3)OC2=O)cc1OC. The van der Waals surface area contributed by atoms with Crippen LogP contribution in [0.25, 0.3) is 0 Å². The highest BCUT2D eigenvalue weighted by Gasteiger charge is 2.33. The Bertz CT molecular complexity index is 913. The van der Waals surface area contributed by atoms with Crippen LogP contribution in [-0.4, -0.2) is 52.0 Å². The molecule has 0 aliphatic carbocycles. The van der Waals surface area contributed by atoms with Crippen molar-refractivity contribution in [2.24, 2.45) is 0 Å². The largest absolute Gasteiger partial charge is 0.493 e. The molecular formula is C23H28N2O6. The zero-order chi connectivity index (χ0) is 22.4. The zero-order valence-electron chi connectivity index (χ0n) is 18.2. The molecule has 8 heteroatoms. The maximum atomic E-state index is 12.3. The monoisotopic (exact) mass is 428 g/mol. The summed E-state index contributed by atoms with van der Waals surface area (Å²) in [6.07, 6.45) is -0.942. The van der Waals surface area contributed by atoms with Gasteiger partial charge < -0.3 is 24.3 Å². The molecule has 1 aliphatic rings. The van der Waals surface area contributed by atoms with E-state index in [1.54, 1.807) is 25.3 Å². The van der Waals surface area contributed by atoms with E-state index in [4.69, 9.17) is 18.9 Å². The fourth-order valence-electron chi connectivity index (χ4n) is 3.21. The fourth-order valence-corrected chi connectivity index (χ4v) is 3.21. The van der Waals surface area contributed by atoms with Crippen LogP contribution < -0.4 is 24.4 Å². The Labute approximate surface area is 182 Å². The van der Waals surface area contributed by atoms with Crippen LogP contribution >= 0.6 is 0 Å². The Morgan fingerprint density at radius 2 is 1.84 bits per heavy atom. The molecule has 0 unspecified atom stereocenters. The second-order valence-corrected chi connectivity index (χ2v) is 7.47. The van der Waals surface area contributed by atoms with Gasteiger partial charge in [0.25, 0.3) is 5.91 Å². The van der Waals surface area contributed by atoms with Crippen molar-refractivity contribution in [3.05, 3.63) is 48.0 Å². The predicted octanol–water partition coefficient (Wildman–Crippen LogP) is 3.35. The maximum absolute atomic E-state index is 12.3. The van der Waals surface area contributed by atoms with E-state index >= 15 is 0 Å². The third kappa shape index (κ3) is 5.59. The molecule has 2 amide bonds. The molecule has 0 radical (unpaired) electrons. The number of hydrogen-bond acceptors (Lipinski definition) is 6. The molecule has 0 aromatic heterocycles.